The van der Waals surface area contributed by atoms with Crippen LogP contribution in [0.2, 0.25) is 0 Å². The van der Waals surface area contributed by atoms with E-state index < -0.39 is 0 Å². The summed E-state index contributed by atoms with van der Waals surface area (Å²) >= 11 is 0. The maximum Gasteiger partial charge on any atom is 0.253 e. The molecule has 1 aromatic carbocycles. The van der Waals surface area contributed by atoms with Gasteiger partial charge in [-0.15, -0.1) is 0 Å². The molecule has 1 aliphatic heterocycles. The second-order valence-corrected chi connectivity index (χ2v) is 7.87. The summed E-state index contributed by atoms with van der Waals surface area (Å²) in [7, 11) is 0. The highest BCUT2D eigenvalue weighted by Crippen LogP contribution is 2.20. The lowest BCUT2D eigenvalue weighted by atomic mass is 9.96. The Labute approximate surface area is 173 Å². The number of aromatic nitrogens is 2. The fourth-order valence-corrected chi connectivity index (χ4v) is 3.85. The Morgan fingerprint density at radius 1 is 1.14 bits per heavy atom. The van der Waals surface area contributed by atoms with Crippen molar-refractivity contribution < 1.29 is 9.59 Å². The minimum absolute atomic E-state index is 0.00539. The maximum atomic E-state index is 12.9. The third kappa shape index (κ3) is 5.46. The van der Waals surface area contributed by atoms with Gasteiger partial charge in [0.15, 0.2) is 0 Å². The highest BCUT2D eigenvalue weighted by molar-refractivity contribution is 5.95. The smallest absolute Gasteiger partial charge is 0.253 e. The van der Waals surface area contributed by atoms with Crippen LogP contribution >= 0.6 is 0 Å². The Morgan fingerprint density at radius 2 is 1.93 bits per heavy atom. The number of carbonyl (C=O) groups is 2. The number of benzene rings is 1. The van der Waals surface area contributed by atoms with E-state index in [0.717, 1.165) is 43.6 Å². The van der Waals surface area contributed by atoms with Gasteiger partial charge in [-0.2, -0.15) is 5.10 Å². The third-order valence-electron chi connectivity index (χ3n) is 5.60. The molecule has 2 heterocycles. The summed E-state index contributed by atoms with van der Waals surface area (Å²) in [5.41, 5.74) is 2.63. The Bertz CT molecular complexity index is 813. The fraction of sp³-hybridized carbons (Fsp3) is 0.522. The van der Waals surface area contributed by atoms with Crippen LogP contribution in [0.5, 0.6) is 0 Å². The van der Waals surface area contributed by atoms with Crippen molar-refractivity contribution in [3.63, 3.8) is 0 Å². The lowest BCUT2D eigenvalue weighted by Gasteiger charge is -2.32. The van der Waals surface area contributed by atoms with Gasteiger partial charge in [0.1, 0.15) is 0 Å². The SMILES string of the molecule is CCCCCCNC(=O)C1CCCN(C(=O)c2ccc(-n3nccc3C)cc2)C1. The molecule has 6 heteroatoms. The van der Waals surface area contributed by atoms with E-state index in [1.165, 1.54) is 12.8 Å². The first-order chi connectivity index (χ1) is 14.1. The van der Waals surface area contributed by atoms with Gasteiger partial charge in [-0.05, 0) is 56.5 Å². The average molecular weight is 397 g/mol. The Kier molecular flexibility index (Phi) is 7.44. The van der Waals surface area contributed by atoms with Gasteiger partial charge in [0, 0.05) is 37.1 Å². The monoisotopic (exact) mass is 396 g/mol. The predicted octanol–water partition coefficient (Wildman–Crippen LogP) is 3.73. The normalized spacial score (nSPS) is 16.6. The van der Waals surface area contributed by atoms with Crippen molar-refractivity contribution in [1.82, 2.24) is 20.0 Å². The number of nitrogens with one attached hydrogen (secondary N) is 1. The molecule has 29 heavy (non-hydrogen) atoms. The van der Waals surface area contributed by atoms with Crippen molar-refractivity contribution in [3.8, 4) is 5.69 Å². The minimum atomic E-state index is -0.107. The first kappa shape index (κ1) is 21.1. The summed E-state index contributed by atoms with van der Waals surface area (Å²) in [6, 6.07) is 9.46. The molecule has 156 valence electrons. The van der Waals surface area contributed by atoms with Crippen LogP contribution < -0.4 is 5.32 Å². The number of carbonyl (C=O) groups excluding carboxylic acids is 2. The molecule has 1 aliphatic rings. The molecular formula is C23H32N4O2. The highest BCUT2D eigenvalue weighted by Gasteiger charge is 2.28. The second kappa shape index (κ2) is 10.2. The van der Waals surface area contributed by atoms with Crippen LogP contribution in [-0.2, 0) is 4.79 Å². The Balaban J connectivity index is 1.55. The zero-order chi connectivity index (χ0) is 20.6. The molecule has 1 saturated heterocycles. The van der Waals surface area contributed by atoms with E-state index in [1.54, 1.807) is 6.20 Å². The van der Waals surface area contributed by atoms with Crippen molar-refractivity contribution in [2.45, 2.75) is 52.4 Å². The average Bonchev–Trinajstić information content (AvgIpc) is 3.19. The van der Waals surface area contributed by atoms with Crippen LogP contribution in [0.3, 0.4) is 0 Å². The standard InChI is InChI=1S/C23H32N4O2/c1-3-4-5-6-14-24-22(28)20-8-7-16-26(17-20)23(29)19-9-11-21(12-10-19)27-18(2)13-15-25-27/h9-13,15,20H,3-8,14,16-17H2,1-2H3,(H,24,28). The van der Waals surface area contributed by atoms with Crippen LogP contribution in [-0.4, -0.2) is 46.1 Å². The van der Waals surface area contributed by atoms with Crippen molar-refractivity contribution in [2.24, 2.45) is 5.92 Å². The molecule has 0 radical (unpaired) electrons. The summed E-state index contributed by atoms with van der Waals surface area (Å²) in [5.74, 6) is -0.0254. The summed E-state index contributed by atoms with van der Waals surface area (Å²) in [4.78, 5) is 27.2. The largest absolute Gasteiger partial charge is 0.356 e. The number of piperidine rings is 1. The van der Waals surface area contributed by atoms with E-state index in [0.29, 0.717) is 18.7 Å². The van der Waals surface area contributed by atoms with Gasteiger partial charge in [0.25, 0.3) is 5.91 Å². The predicted molar refractivity (Wildman–Crippen MR) is 114 cm³/mol. The third-order valence-corrected chi connectivity index (χ3v) is 5.60. The number of unbranched alkanes of at least 4 members (excludes halogenated alkanes) is 3. The summed E-state index contributed by atoms with van der Waals surface area (Å²) in [6.45, 7) is 6.11. The first-order valence-corrected chi connectivity index (χ1v) is 10.8. The van der Waals surface area contributed by atoms with Crippen molar-refractivity contribution in [1.29, 1.82) is 0 Å². The molecule has 2 aromatic rings. The van der Waals surface area contributed by atoms with Crippen LogP contribution in [0.25, 0.3) is 5.69 Å². The molecule has 0 bridgehead atoms. The van der Waals surface area contributed by atoms with Crippen LogP contribution in [0.1, 0.15) is 61.5 Å². The Morgan fingerprint density at radius 3 is 2.62 bits per heavy atom. The summed E-state index contributed by atoms with van der Waals surface area (Å²) in [6.07, 6.45) is 8.05. The molecule has 3 rings (SSSR count). The van der Waals surface area contributed by atoms with Gasteiger partial charge in [-0.3, -0.25) is 9.59 Å². The van der Waals surface area contributed by atoms with Gasteiger partial charge >= 0.3 is 0 Å². The van der Waals surface area contributed by atoms with E-state index in [1.807, 2.05) is 46.8 Å². The lowest BCUT2D eigenvalue weighted by Crippen LogP contribution is -2.45. The highest BCUT2D eigenvalue weighted by atomic mass is 16.2. The number of rotatable bonds is 8. The fourth-order valence-electron chi connectivity index (χ4n) is 3.85. The van der Waals surface area contributed by atoms with E-state index in [4.69, 9.17) is 0 Å². The van der Waals surface area contributed by atoms with Crippen LogP contribution in [0.15, 0.2) is 36.5 Å². The number of hydrogen-bond acceptors (Lipinski definition) is 3. The molecule has 1 atom stereocenters. The number of aryl methyl sites for hydroxylation is 1. The summed E-state index contributed by atoms with van der Waals surface area (Å²) in [5, 5.41) is 7.35. The Hall–Kier alpha value is -2.63. The molecule has 1 fully saturated rings. The van der Waals surface area contributed by atoms with E-state index >= 15 is 0 Å². The van der Waals surface area contributed by atoms with E-state index in [-0.39, 0.29) is 17.7 Å². The number of likely N-dealkylation sites (tertiary alicyclic amines) is 1. The number of hydrogen-bond donors (Lipinski definition) is 1. The molecule has 6 nitrogen and oxygen atoms in total. The molecule has 1 unspecified atom stereocenters. The molecule has 0 saturated carbocycles. The molecular weight excluding hydrogens is 364 g/mol. The summed E-state index contributed by atoms with van der Waals surface area (Å²) < 4.78 is 1.84. The molecule has 0 spiro atoms. The minimum Gasteiger partial charge on any atom is -0.356 e. The topological polar surface area (TPSA) is 67.2 Å². The van der Waals surface area contributed by atoms with Crippen molar-refractivity contribution in [3.05, 3.63) is 47.8 Å². The first-order valence-electron chi connectivity index (χ1n) is 10.8. The zero-order valence-electron chi connectivity index (χ0n) is 17.6. The van der Waals surface area contributed by atoms with Gasteiger partial charge in [0.2, 0.25) is 5.91 Å². The number of nitrogens with zero attached hydrogens (tertiary/aromatic N) is 3. The van der Waals surface area contributed by atoms with Crippen LogP contribution in [0.4, 0.5) is 0 Å². The van der Waals surface area contributed by atoms with Crippen molar-refractivity contribution in [2.75, 3.05) is 19.6 Å². The molecule has 1 N–H and O–H groups in total. The molecule has 2 amide bonds. The van der Waals surface area contributed by atoms with Crippen molar-refractivity contribution >= 4 is 11.8 Å². The second-order valence-electron chi connectivity index (χ2n) is 7.87. The van der Waals surface area contributed by atoms with Gasteiger partial charge in [-0.25, -0.2) is 4.68 Å². The van der Waals surface area contributed by atoms with E-state index in [9.17, 15) is 9.59 Å². The maximum absolute atomic E-state index is 12.9. The van der Waals surface area contributed by atoms with Crippen LogP contribution in [0, 0.1) is 12.8 Å². The quantitative estimate of drug-likeness (QED) is 0.692. The van der Waals surface area contributed by atoms with Gasteiger partial charge in [-0.1, -0.05) is 26.2 Å². The zero-order valence-corrected chi connectivity index (χ0v) is 17.6. The molecule has 0 aliphatic carbocycles. The number of amides is 2. The van der Waals surface area contributed by atoms with E-state index in [2.05, 4.69) is 17.3 Å². The van der Waals surface area contributed by atoms with Gasteiger partial charge < -0.3 is 10.2 Å². The lowest BCUT2D eigenvalue weighted by molar-refractivity contribution is -0.126. The van der Waals surface area contributed by atoms with Gasteiger partial charge in [0.05, 0.1) is 11.6 Å². The molecule has 1 aromatic heterocycles.